The summed E-state index contributed by atoms with van der Waals surface area (Å²) in [5.41, 5.74) is 0.634. The van der Waals surface area contributed by atoms with Crippen molar-refractivity contribution in [3.05, 3.63) is 5.92 Å². The van der Waals surface area contributed by atoms with Crippen LogP contribution in [-0.4, -0.2) is 11.1 Å². The standard InChI is InChI=1S/C15H30N/c1-12(2)8-7-9-13-10-14(3,4)16-15(5,6)11-13/h13,16H,7-11H2,1-6H3. The maximum absolute atomic E-state index is 3.76. The van der Waals surface area contributed by atoms with Gasteiger partial charge in [0.1, 0.15) is 0 Å². The summed E-state index contributed by atoms with van der Waals surface area (Å²) in [6, 6.07) is 0. The van der Waals surface area contributed by atoms with Gasteiger partial charge in [-0.2, -0.15) is 0 Å². The van der Waals surface area contributed by atoms with Gasteiger partial charge in [-0.3, -0.25) is 0 Å². The van der Waals surface area contributed by atoms with Crippen molar-refractivity contribution in [1.82, 2.24) is 5.32 Å². The highest BCUT2D eigenvalue weighted by Crippen LogP contribution is 2.35. The van der Waals surface area contributed by atoms with E-state index in [1.165, 1.54) is 32.1 Å². The van der Waals surface area contributed by atoms with Gasteiger partial charge in [0.2, 0.25) is 0 Å². The zero-order valence-electron chi connectivity index (χ0n) is 12.1. The topological polar surface area (TPSA) is 12.0 Å². The molecule has 0 spiro atoms. The molecule has 16 heavy (non-hydrogen) atoms. The first-order valence-corrected chi connectivity index (χ1v) is 6.79. The highest BCUT2D eigenvalue weighted by molar-refractivity contribution is 4.96. The monoisotopic (exact) mass is 224 g/mol. The van der Waals surface area contributed by atoms with Gasteiger partial charge in [-0.25, -0.2) is 0 Å². The van der Waals surface area contributed by atoms with Crippen molar-refractivity contribution >= 4 is 0 Å². The lowest BCUT2D eigenvalue weighted by Gasteiger charge is -2.46. The molecular formula is C15H30N. The lowest BCUT2D eigenvalue weighted by molar-refractivity contribution is 0.122. The van der Waals surface area contributed by atoms with E-state index < -0.39 is 0 Å². The predicted octanol–water partition coefficient (Wildman–Crippen LogP) is 4.33. The van der Waals surface area contributed by atoms with E-state index in [0.717, 1.165) is 5.92 Å². The van der Waals surface area contributed by atoms with Crippen LogP contribution in [0, 0.1) is 11.8 Å². The maximum atomic E-state index is 3.76. The summed E-state index contributed by atoms with van der Waals surface area (Å²) in [7, 11) is 0. The lowest BCUT2D eigenvalue weighted by Crippen LogP contribution is -2.57. The molecule has 1 saturated heterocycles. The van der Waals surface area contributed by atoms with Gasteiger partial charge in [0.25, 0.3) is 0 Å². The molecule has 1 aliphatic heterocycles. The quantitative estimate of drug-likeness (QED) is 0.749. The third-order valence-electron chi connectivity index (χ3n) is 3.56. The van der Waals surface area contributed by atoms with Gasteiger partial charge in [-0.1, -0.05) is 26.7 Å². The molecule has 0 aliphatic carbocycles. The first-order chi connectivity index (χ1) is 7.20. The van der Waals surface area contributed by atoms with Gasteiger partial charge in [0.05, 0.1) is 0 Å². The van der Waals surface area contributed by atoms with Gasteiger partial charge in [-0.05, 0) is 58.8 Å². The number of nitrogens with one attached hydrogen (secondary N) is 1. The molecular weight excluding hydrogens is 194 g/mol. The van der Waals surface area contributed by atoms with Crippen LogP contribution in [0.3, 0.4) is 0 Å². The molecule has 95 valence electrons. The van der Waals surface area contributed by atoms with Crippen LogP contribution in [0.15, 0.2) is 0 Å². The minimum atomic E-state index is 0.317. The molecule has 0 aromatic rings. The van der Waals surface area contributed by atoms with Gasteiger partial charge in [-0.15, -0.1) is 0 Å². The van der Waals surface area contributed by atoms with E-state index in [2.05, 4.69) is 46.9 Å². The van der Waals surface area contributed by atoms with Gasteiger partial charge < -0.3 is 5.32 Å². The minimum absolute atomic E-state index is 0.317. The largest absolute Gasteiger partial charge is 0.307 e. The lowest BCUT2D eigenvalue weighted by atomic mass is 9.74. The first-order valence-electron chi connectivity index (χ1n) is 6.79. The molecule has 0 bridgehead atoms. The summed E-state index contributed by atoms with van der Waals surface area (Å²) >= 11 is 0. The zero-order chi connectivity index (χ0) is 12.4. The van der Waals surface area contributed by atoms with Crippen molar-refractivity contribution in [2.45, 2.75) is 84.7 Å². The van der Waals surface area contributed by atoms with Crippen LogP contribution in [0.1, 0.15) is 73.6 Å². The smallest absolute Gasteiger partial charge is 0.0132 e. The second-order valence-corrected chi connectivity index (χ2v) is 7.27. The molecule has 0 saturated carbocycles. The van der Waals surface area contributed by atoms with Crippen LogP contribution in [0.25, 0.3) is 0 Å². The third-order valence-corrected chi connectivity index (χ3v) is 3.56. The molecule has 1 nitrogen and oxygen atoms in total. The summed E-state index contributed by atoms with van der Waals surface area (Å²) < 4.78 is 0. The molecule has 1 radical (unpaired) electrons. The Bertz CT molecular complexity index is 199. The summed E-state index contributed by atoms with van der Waals surface area (Å²) in [6.07, 6.45) is 6.75. The highest BCUT2D eigenvalue weighted by atomic mass is 15.0. The molecule has 0 atom stereocenters. The highest BCUT2D eigenvalue weighted by Gasteiger charge is 2.36. The van der Waals surface area contributed by atoms with Gasteiger partial charge in [0, 0.05) is 11.1 Å². The van der Waals surface area contributed by atoms with Gasteiger partial charge in [0.15, 0.2) is 0 Å². The van der Waals surface area contributed by atoms with E-state index in [0.29, 0.717) is 11.1 Å². The molecule has 0 aromatic carbocycles. The van der Waals surface area contributed by atoms with Crippen LogP contribution in [-0.2, 0) is 0 Å². The Morgan fingerprint density at radius 2 is 1.56 bits per heavy atom. The number of hydrogen-bond donors (Lipinski definition) is 1. The average molecular weight is 224 g/mol. The normalized spacial score (nSPS) is 24.9. The van der Waals surface area contributed by atoms with Crippen molar-refractivity contribution < 1.29 is 0 Å². The maximum Gasteiger partial charge on any atom is 0.0132 e. The van der Waals surface area contributed by atoms with E-state index in [9.17, 15) is 0 Å². The summed E-state index contributed by atoms with van der Waals surface area (Å²) in [5.74, 6) is 2.48. The molecule has 0 amide bonds. The molecule has 1 aliphatic rings. The van der Waals surface area contributed by atoms with Crippen LogP contribution in [0.5, 0.6) is 0 Å². The van der Waals surface area contributed by atoms with E-state index in [1.807, 2.05) is 0 Å². The van der Waals surface area contributed by atoms with Crippen molar-refractivity contribution in [2.24, 2.45) is 5.92 Å². The Labute approximate surface area is 102 Å². The second-order valence-electron chi connectivity index (χ2n) is 7.27. The first kappa shape index (κ1) is 14.0. The summed E-state index contributed by atoms with van der Waals surface area (Å²) in [5, 5.41) is 3.76. The van der Waals surface area contributed by atoms with Crippen LogP contribution >= 0.6 is 0 Å². The molecule has 1 rings (SSSR count). The average Bonchev–Trinajstić information content (AvgIpc) is 1.96. The van der Waals surface area contributed by atoms with E-state index in [-0.39, 0.29) is 0 Å². The van der Waals surface area contributed by atoms with Crippen LogP contribution < -0.4 is 5.32 Å². The Kier molecular flexibility index (Phi) is 4.45. The molecule has 1 heterocycles. The van der Waals surface area contributed by atoms with Gasteiger partial charge >= 0.3 is 0 Å². The Balaban J connectivity index is 2.42. The number of rotatable bonds is 4. The summed E-state index contributed by atoms with van der Waals surface area (Å²) in [6.45, 7) is 13.9. The van der Waals surface area contributed by atoms with Crippen molar-refractivity contribution in [2.75, 3.05) is 0 Å². The third kappa shape index (κ3) is 4.86. The van der Waals surface area contributed by atoms with E-state index in [1.54, 1.807) is 5.92 Å². The number of piperidine rings is 1. The van der Waals surface area contributed by atoms with Crippen molar-refractivity contribution in [3.63, 3.8) is 0 Å². The minimum Gasteiger partial charge on any atom is -0.307 e. The SMILES string of the molecule is C[C](C)CCCC1CC(C)(C)NC(C)(C)C1. The van der Waals surface area contributed by atoms with Crippen molar-refractivity contribution in [1.29, 1.82) is 0 Å². The molecule has 1 N–H and O–H groups in total. The fourth-order valence-corrected chi connectivity index (χ4v) is 3.48. The van der Waals surface area contributed by atoms with Crippen LogP contribution in [0.4, 0.5) is 0 Å². The zero-order valence-corrected chi connectivity index (χ0v) is 12.1. The Morgan fingerprint density at radius 3 is 2.00 bits per heavy atom. The van der Waals surface area contributed by atoms with Crippen molar-refractivity contribution in [3.8, 4) is 0 Å². The summed E-state index contributed by atoms with van der Waals surface area (Å²) in [4.78, 5) is 0. The fourth-order valence-electron chi connectivity index (χ4n) is 3.48. The molecule has 0 unspecified atom stereocenters. The molecule has 1 fully saturated rings. The predicted molar refractivity (Wildman–Crippen MR) is 72.5 cm³/mol. The second kappa shape index (κ2) is 5.08. The Hall–Kier alpha value is -0.0400. The molecule has 0 aromatic heterocycles. The molecule has 1 heteroatoms. The van der Waals surface area contributed by atoms with E-state index >= 15 is 0 Å². The number of hydrogen-bond acceptors (Lipinski definition) is 1. The fraction of sp³-hybridized carbons (Fsp3) is 0.933. The Morgan fingerprint density at radius 1 is 1.06 bits per heavy atom. The van der Waals surface area contributed by atoms with E-state index in [4.69, 9.17) is 0 Å². The van der Waals surface area contributed by atoms with Crippen LogP contribution in [0.2, 0.25) is 0 Å².